The molecular weight excluding hydrogens is 302 g/mol. The Balaban J connectivity index is 1.69. The van der Waals surface area contributed by atoms with Gasteiger partial charge >= 0.3 is 0 Å². The molecule has 2 N–H and O–H groups in total. The molecule has 4 nitrogen and oxygen atoms in total. The number of nitrogens with one attached hydrogen (secondary N) is 2. The molecule has 1 aromatic heterocycles. The van der Waals surface area contributed by atoms with Crippen LogP contribution in [-0.4, -0.2) is 32.8 Å². The Morgan fingerprint density at radius 3 is 2.70 bits per heavy atom. The number of nitrogens with zero attached hydrogens (tertiary/aromatic N) is 1. The van der Waals surface area contributed by atoms with E-state index in [1.54, 1.807) is 0 Å². The van der Waals surface area contributed by atoms with Crippen LogP contribution in [-0.2, 0) is 0 Å². The highest BCUT2D eigenvalue weighted by Gasteiger charge is 2.53. The Morgan fingerprint density at radius 2 is 1.96 bits per heavy atom. The van der Waals surface area contributed by atoms with Gasteiger partial charge in [-0.05, 0) is 35.9 Å². The van der Waals surface area contributed by atoms with E-state index in [1.807, 2.05) is 12.3 Å². The van der Waals surface area contributed by atoms with E-state index in [4.69, 9.17) is 4.42 Å². The second kappa shape index (κ2) is 6.05. The zero-order valence-electron chi connectivity index (χ0n) is 14.0. The molecule has 0 spiro atoms. The van der Waals surface area contributed by atoms with E-state index in [1.165, 1.54) is 12.2 Å². The summed E-state index contributed by atoms with van der Waals surface area (Å²) in [5.41, 5.74) is 0.682. The highest BCUT2D eigenvalue weighted by molar-refractivity contribution is 6.76. The summed E-state index contributed by atoms with van der Waals surface area (Å²) in [7, 11) is -1.63. The summed E-state index contributed by atoms with van der Waals surface area (Å²) in [5, 5.41) is 6.96. The summed E-state index contributed by atoms with van der Waals surface area (Å²) in [4.78, 5) is 0. The minimum atomic E-state index is -1.63. The quantitative estimate of drug-likeness (QED) is 0.836. The third-order valence-electron chi connectivity index (χ3n) is 6.07. The van der Waals surface area contributed by atoms with E-state index >= 15 is 0 Å². The molecule has 1 saturated heterocycles. The molecule has 0 aromatic carbocycles. The molecule has 4 rings (SSSR count). The normalized spacial score (nSPS) is 34.7. The first kappa shape index (κ1) is 15.4. The molecule has 0 bridgehead atoms. The van der Waals surface area contributed by atoms with Crippen LogP contribution in [0.1, 0.15) is 18.1 Å². The summed E-state index contributed by atoms with van der Waals surface area (Å²) >= 11 is 0. The topological polar surface area (TPSA) is 40.4 Å². The Bertz CT molecular complexity index is 589. The molecule has 2 fully saturated rings. The first-order valence-electron chi connectivity index (χ1n) is 8.73. The number of allylic oxidation sites excluding steroid dienone is 4. The third kappa shape index (κ3) is 2.65. The lowest BCUT2D eigenvalue weighted by Gasteiger charge is -2.47. The molecule has 0 radical (unpaired) electrons. The SMILES string of the molecule is C[Si](C)(C1C(c2ccco2)CC2C=CC=CC21)N1CNCNC1. The maximum absolute atomic E-state index is 5.86. The lowest BCUT2D eigenvalue weighted by Crippen LogP contribution is -2.63. The molecule has 2 heterocycles. The smallest absolute Gasteiger partial charge is 0.129 e. The Kier molecular flexibility index (Phi) is 4.05. The minimum Gasteiger partial charge on any atom is -0.469 e. The van der Waals surface area contributed by atoms with Crippen LogP contribution in [0.15, 0.2) is 47.1 Å². The molecule has 1 aromatic rings. The van der Waals surface area contributed by atoms with E-state index in [9.17, 15) is 0 Å². The standard InChI is InChI=1S/C18H27N3OSi/c1-23(2,21-12-19-11-20-13-21)18-15-7-4-3-6-14(15)10-16(18)17-8-5-9-22-17/h3-9,14-16,18-20H,10-13H2,1-2H3. The van der Waals surface area contributed by atoms with Gasteiger partial charge in [0, 0.05) is 25.9 Å². The molecule has 23 heavy (non-hydrogen) atoms. The minimum absolute atomic E-state index is 0.538. The van der Waals surface area contributed by atoms with Gasteiger partial charge in [0.15, 0.2) is 0 Å². The molecule has 5 heteroatoms. The van der Waals surface area contributed by atoms with Crippen LogP contribution < -0.4 is 10.6 Å². The van der Waals surface area contributed by atoms with Crippen molar-refractivity contribution in [2.75, 3.05) is 20.0 Å². The lowest BCUT2D eigenvalue weighted by atomic mass is 9.92. The van der Waals surface area contributed by atoms with Gasteiger partial charge in [0.25, 0.3) is 0 Å². The highest BCUT2D eigenvalue weighted by Crippen LogP contribution is 2.57. The van der Waals surface area contributed by atoms with Crippen LogP contribution in [0.2, 0.25) is 18.6 Å². The van der Waals surface area contributed by atoms with Gasteiger partial charge in [-0.1, -0.05) is 37.4 Å². The van der Waals surface area contributed by atoms with E-state index in [2.05, 4.69) is 58.7 Å². The first-order valence-corrected chi connectivity index (χ1v) is 11.8. The maximum Gasteiger partial charge on any atom is 0.129 e. The van der Waals surface area contributed by atoms with E-state index in [-0.39, 0.29) is 0 Å². The molecule has 1 saturated carbocycles. The summed E-state index contributed by atoms with van der Waals surface area (Å²) < 4.78 is 8.53. The lowest BCUT2D eigenvalue weighted by molar-refractivity contribution is 0.280. The Morgan fingerprint density at radius 1 is 1.17 bits per heavy atom. The van der Waals surface area contributed by atoms with Gasteiger partial charge in [-0.2, -0.15) is 0 Å². The largest absolute Gasteiger partial charge is 0.469 e. The van der Waals surface area contributed by atoms with E-state index in [0.717, 1.165) is 20.0 Å². The van der Waals surface area contributed by atoms with Crippen molar-refractivity contribution in [1.82, 2.24) is 15.2 Å². The van der Waals surface area contributed by atoms with E-state index < -0.39 is 8.24 Å². The van der Waals surface area contributed by atoms with Crippen molar-refractivity contribution >= 4 is 8.24 Å². The van der Waals surface area contributed by atoms with Crippen LogP contribution in [0.25, 0.3) is 0 Å². The summed E-state index contributed by atoms with van der Waals surface area (Å²) in [5.74, 6) is 3.04. The fourth-order valence-electron chi connectivity index (χ4n) is 4.90. The fourth-order valence-corrected chi connectivity index (χ4v) is 8.95. The van der Waals surface area contributed by atoms with Gasteiger partial charge in [-0.3, -0.25) is 15.2 Å². The van der Waals surface area contributed by atoms with Gasteiger partial charge in [-0.15, -0.1) is 0 Å². The zero-order valence-corrected chi connectivity index (χ0v) is 15.0. The summed E-state index contributed by atoms with van der Waals surface area (Å²) in [6.45, 7) is 8.00. The average Bonchev–Trinajstić information content (AvgIpc) is 3.23. The van der Waals surface area contributed by atoms with Gasteiger partial charge < -0.3 is 4.42 Å². The molecule has 2 aliphatic carbocycles. The molecule has 4 atom stereocenters. The number of furan rings is 1. The summed E-state index contributed by atoms with van der Waals surface area (Å²) in [6.07, 6.45) is 12.4. The van der Waals surface area contributed by atoms with Crippen LogP contribution in [0, 0.1) is 11.8 Å². The van der Waals surface area contributed by atoms with Crippen LogP contribution in [0.5, 0.6) is 0 Å². The Labute approximate surface area is 139 Å². The zero-order chi connectivity index (χ0) is 15.9. The second-order valence-electron chi connectivity index (χ2n) is 7.58. The van der Waals surface area contributed by atoms with Gasteiger partial charge in [0.2, 0.25) is 0 Å². The van der Waals surface area contributed by atoms with Gasteiger partial charge in [0.05, 0.1) is 6.26 Å². The van der Waals surface area contributed by atoms with Crippen molar-refractivity contribution in [3.8, 4) is 0 Å². The first-order chi connectivity index (χ1) is 11.2. The maximum atomic E-state index is 5.86. The molecule has 3 aliphatic rings. The average molecular weight is 330 g/mol. The highest BCUT2D eigenvalue weighted by atomic mass is 28.3. The van der Waals surface area contributed by atoms with Crippen molar-refractivity contribution in [3.63, 3.8) is 0 Å². The van der Waals surface area contributed by atoms with Crippen molar-refractivity contribution in [3.05, 3.63) is 48.5 Å². The molecule has 1 aliphatic heterocycles. The fraction of sp³-hybridized carbons (Fsp3) is 0.556. The predicted molar refractivity (Wildman–Crippen MR) is 95.3 cm³/mol. The molecule has 124 valence electrons. The monoisotopic (exact) mass is 329 g/mol. The number of hydrogen-bond donors (Lipinski definition) is 2. The molecular formula is C18H27N3OSi. The Hall–Kier alpha value is -1.14. The van der Waals surface area contributed by atoms with Crippen molar-refractivity contribution in [2.24, 2.45) is 11.8 Å². The van der Waals surface area contributed by atoms with E-state index in [0.29, 0.717) is 23.3 Å². The van der Waals surface area contributed by atoms with Gasteiger partial charge in [0.1, 0.15) is 14.0 Å². The van der Waals surface area contributed by atoms with Crippen LogP contribution in [0.4, 0.5) is 0 Å². The van der Waals surface area contributed by atoms with Crippen LogP contribution >= 0.6 is 0 Å². The number of rotatable bonds is 3. The predicted octanol–water partition coefficient (Wildman–Crippen LogP) is 3.07. The number of hydrogen-bond acceptors (Lipinski definition) is 4. The third-order valence-corrected chi connectivity index (χ3v) is 10.4. The van der Waals surface area contributed by atoms with Gasteiger partial charge in [-0.25, -0.2) is 0 Å². The molecule has 4 unspecified atom stereocenters. The molecule has 0 amide bonds. The second-order valence-corrected chi connectivity index (χ2v) is 12.2. The van der Waals surface area contributed by atoms with Crippen molar-refractivity contribution < 1.29 is 4.42 Å². The van der Waals surface area contributed by atoms with Crippen LogP contribution in [0.3, 0.4) is 0 Å². The van der Waals surface area contributed by atoms with Crippen molar-refractivity contribution in [1.29, 1.82) is 0 Å². The summed E-state index contributed by atoms with van der Waals surface area (Å²) in [6, 6.07) is 4.22. The van der Waals surface area contributed by atoms with Crippen molar-refractivity contribution in [2.45, 2.75) is 31.0 Å². The number of fused-ring (bicyclic) bond motifs is 1.